The van der Waals surface area contributed by atoms with E-state index in [2.05, 4.69) is 0 Å². The lowest BCUT2D eigenvalue weighted by molar-refractivity contribution is -0.146. The van der Waals surface area contributed by atoms with Crippen LogP contribution < -0.4 is 0 Å². The van der Waals surface area contributed by atoms with Gasteiger partial charge in [-0.3, -0.25) is 4.79 Å². The zero-order valence-corrected chi connectivity index (χ0v) is 8.54. The molecule has 1 fully saturated rings. The van der Waals surface area contributed by atoms with Crippen molar-refractivity contribution in [3.05, 3.63) is 12.2 Å². The largest absolute Gasteiger partial charge is 0.361 e. The Morgan fingerprint density at radius 1 is 1.69 bits per heavy atom. The lowest BCUT2D eigenvalue weighted by Crippen LogP contribution is -2.50. The van der Waals surface area contributed by atoms with Gasteiger partial charge in [0.25, 0.3) is 0 Å². The number of ether oxygens (including phenoxy) is 1. The van der Waals surface area contributed by atoms with Crippen LogP contribution in [0.2, 0.25) is 0 Å². The third-order valence-electron chi connectivity index (χ3n) is 3.01. The third kappa shape index (κ3) is 1.16. The van der Waals surface area contributed by atoms with E-state index in [1.165, 1.54) is 0 Å². The molecular weight excluding hydrogens is 188 g/mol. The van der Waals surface area contributed by atoms with Crippen molar-refractivity contribution in [3.8, 4) is 0 Å². The highest BCUT2D eigenvalue weighted by molar-refractivity contribution is 6.32. The second-order valence-electron chi connectivity index (χ2n) is 3.89. The van der Waals surface area contributed by atoms with Crippen LogP contribution in [0.5, 0.6) is 0 Å². The smallest absolute Gasteiger partial charge is 0.159 e. The fraction of sp³-hybridized carbons (Fsp3) is 0.700. The molecule has 0 aliphatic carbocycles. The lowest BCUT2D eigenvalue weighted by atomic mass is 9.82. The molecule has 0 saturated carbocycles. The molecule has 4 atom stereocenters. The predicted molar refractivity (Wildman–Crippen MR) is 50.8 cm³/mol. The molecule has 2 bridgehead atoms. The number of rotatable bonds is 1. The van der Waals surface area contributed by atoms with Gasteiger partial charge in [0.2, 0.25) is 0 Å². The number of fused-ring (bicyclic) bond motifs is 2. The molecule has 2 heterocycles. The van der Waals surface area contributed by atoms with E-state index in [1.54, 1.807) is 0 Å². The number of hydrogen-bond acceptors (Lipinski definition) is 2. The average molecular weight is 201 g/mol. The van der Waals surface area contributed by atoms with Crippen molar-refractivity contribution < 1.29 is 9.53 Å². The van der Waals surface area contributed by atoms with Crippen molar-refractivity contribution in [1.82, 2.24) is 0 Å². The fourth-order valence-electron chi connectivity index (χ4n) is 2.26. The molecule has 0 aromatic heterocycles. The highest BCUT2D eigenvalue weighted by Crippen LogP contribution is 2.41. The summed E-state index contributed by atoms with van der Waals surface area (Å²) in [6.07, 6.45) is 4.47. The summed E-state index contributed by atoms with van der Waals surface area (Å²) in [5.74, 6) is 0.0536. The monoisotopic (exact) mass is 200 g/mol. The highest BCUT2D eigenvalue weighted by Gasteiger charge is 2.51. The first-order valence-corrected chi connectivity index (χ1v) is 5.07. The number of halogens is 1. The van der Waals surface area contributed by atoms with Gasteiger partial charge in [-0.2, -0.15) is 0 Å². The number of carbonyl (C=O) groups is 1. The normalized spacial score (nSPS) is 48.5. The molecule has 2 aliphatic heterocycles. The third-order valence-corrected chi connectivity index (χ3v) is 3.47. The summed E-state index contributed by atoms with van der Waals surface area (Å²) in [4.78, 5) is 11.8. The first-order chi connectivity index (χ1) is 6.08. The maximum absolute atomic E-state index is 11.8. The molecule has 2 nitrogen and oxygen atoms in total. The van der Waals surface area contributed by atoms with Crippen LogP contribution in [0.4, 0.5) is 0 Å². The minimum absolute atomic E-state index is 0.0787. The van der Waals surface area contributed by atoms with Gasteiger partial charge in [0.05, 0.1) is 11.5 Å². The van der Waals surface area contributed by atoms with Crippen molar-refractivity contribution in [3.63, 3.8) is 0 Å². The second kappa shape index (κ2) is 2.82. The van der Waals surface area contributed by atoms with E-state index in [9.17, 15) is 4.79 Å². The number of ketones is 1. The first kappa shape index (κ1) is 9.22. The van der Waals surface area contributed by atoms with E-state index in [-0.39, 0.29) is 17.8 Å². The van der Waals surface area contributed by atoms with Gasteiger partial charge in [-0.25, -0.2) is 0 Å². The Morgan fingerprint density at radius 2 is 2.38 bits per heavy atom. The van der Waals surface area contributed by atoms with Crippen molar-refractivity contribution in [2.45, 2.75) is 37.4 Å². The topological polar surface area (TPSA) is 26.3 Å². The summed E-state index contributed by atoms with van der Waals surface area (Å²) in [5, 5.41) is -0.489. The van der Waals surface area contributed by atoms with Crippen LogP contribution in [0, 0.1) is 5.92 Å². The number of Topliss-reactive ketones (excluding diaryl/α,β-unsaturated/α-hetero) is 1. The molecule has 2 rings (SSSR count). The second-order valence-corrected chi connectivity index (χ2v) is 4.36. The molecule has 0 aromatic rings. The molecule has 72 valence electrons. The molecule has 0 amide bonds. The van der Waals surface area contributed by atoms with E-state index in [0.29, 0.717) is 0 Å². The molecule has 0 N–H and O–H groups in total. The van der Waals surface area contributed by atoms with Crippen LogP contribution in [0.25, 0.3) is 0 Å². The van der Waals surface area contributed by atoms with Crippen LogP contribution in [-0.2, 0) is 9.53 Å². The molecular formula is C10H13ClO2. The molecule has 13 heavy (non-hydrogen) atoms. The molecule has 1 saturated heterocycles. The Bertz CT molecular complexity index is 274. The van der Waals surface area contributed by atoms with E-state index >= 15 is 0 Å². The van der Waals surface area contributed by atoms with E-state index in [1.807, 2.05) is 26.0 Å². The fourth-order valence-corrected chi connectivity index (χ4v) is 2.54. The molecule has 2 aliphatic rings. The van der Waals surface area contributed by atoms with Crippen LogP contribution in [0.1, 0.15) is 20.3 Å². The highest BCUT2D eigenvalue weighted by atomic mass is 35.5. The Hall–Kier alpha value is -0.340. The summed E-state index contributed by atoms with van der Waals surface area (Å²) in [6, 6.07) is 0. The first-order valence-electron chi connectivity index (χ1n) is 4.63. The van der Waals surface area contributed by atoms with Crippen molar-refractivity contribution in [2.24, 2.45) is 5.92 Å². The standard InChI is InChI=1S/C10H13ClO2/c1-3-6-9(12)8(11)7-4-5-10(6,2)13-7/h4-8H,3H2,1-2H3/t6-,7+,8-,10?/m1/s1. The summed E-state index contributed by atoms with van der Waals surface area (Å²) in [6.45, 7) is 3.95. The molecule has 0 radical (unpaired) electrons. The van der Waals surface area contributed by atoms with Crippen LogP contribution in [0.3, 0.4) is 0 Å². The summed E-state index contributed by atoms with van der Waals surface area (Å²) < 4.78 is 5.71. The van der Waals surface area contributed by atoms with Gasteiger partial charge < -0.3 is 4.74 Å². The van der Waals surface area contributed by atoms with Gasteiger partial charge in [-0.15, -0.1) is 11.6 Å². The van der Waals surface area contributed by atoms with E-state index in [4.69, 9.17) is 16.3 Å². The van der Waals surface area contributed by atoms with Gasteiger partial charge in [-0.05, 0) is 13.3 Å². The van der Waals surface area contributed by atoms with Gasteiger partial charge in [0, 0.05) is 0 Å². The summed E-state index contributed by atoms with van der Waals surface area (Å²) in [7, 11) is 0. The lowest BCUT2D eigenvalue weighted by Gasteiger charge is -2.38. The average Bonchev–Trinajstić information content (AvgIpc) is 2.44. The Labute approximate surface area is 82.9 Å². The number of carbonyl (C=O) groups excluding carboxylic acids is 1. The minimum Gasteiger partial charge on any atom is -0.361 e. The quantitative estimate of drug-likeness (QED) is 0.478. The Morgan fingerprint density at radius 3 is 3.00 bits per heavy atom. The van der Waals surface area contributed by atoms with Gasteiger partial charge in [0.1, 0.15) is 11.5 Å². The van der Waals surface area contributed by atoms with Gasteiger partial charge >= 0.3 is 0 Å². The minimum atomic E-state index is -0.489. The molecule has 0 spiro atoms. The van der Waals surface area contributed by atoms with Crippen LogP contribution >= 0.6 is 11.6 Å². The van der Waals surface area contributed by atoms with Crippen molar-refractivity contribution in [2.75, 3.05) is 0 Å². The number of alkyl halides is 1. The predicted octanol–water partition coefficient (Wildman–Crippen LogP) is 1.92. The maximum atomic E-state index is 11.8. The van der Waals surface area contributed by atoms with Crippen LogP contribution in [-0.4, -0.2) is 22.9 Å². The van der Waals surface area contributed by atoms with Crippen molar-refractivity contribution >= 4 is 17.4 Å². The SMILES string of the molecule is CC[C@@H]1C(=O)[C@H](Cl)[C@@H]2C=CC1(C)O2. The van der Waals surface area contributed by atoms with E-state index in [0.717, 1.165) is 6.42 Å². The summed E-state index contributed by atoms with van der Waals surface area (Å²) in [5.41, 5.74) is -0.401. The van der Waals surface area contributed by atoms with Gasteiger partial charge in [0.15, 0.2) is 5.78 Å². The Kier molecular flexibility index (Phi) is 2.00. The molecule has 0 aromatic carbocycles. The Balaban J connectivity index is 2.35. The van der Waals surface area contributed by atoms with Crippen molar-refractivity contribution in [1.29, 1.82) is 0 Å². The zero-order chi connectivity index (χ0) is 9.64. The molecule has 3 heteroatoms. The zero-order valence-electron chi connectivity index (χ0n) is 7.79. The van der Waals surface area contributed by atoms with Gasteiger partial charge in [-0.1, -0.05) is 19.1 Å². The molecule has 1 unspecified atom stereocenters. The van der Waals surface area contributed by atoms with E-state index < -0.39 is 11.0 Å². The summed E-state index contributed by atoms with van der Waals surface area (Å²) >= 11 is 5.97. The number of hydrogen-bond donors (Lipinski definition) is 0. The van der Waals surface area contributed by atoms with Crippen LogP contribution in [0.15, 0.2) is 12.2 Å². The maximum Gasteiger partial charge on any atom is 0.159 e.